The summed E-state index contributed by atoms with van der Waals surface area (Å²) >= 11 is 0. The molecule has 3 rings (SSSR count). The van der Waals surface area contributed by atoms with Gasteiger partial charge in [-0.1, -0.05) is 32.9 Å². The molecule has 2 aromatic carbocycles. The lowest BCUT2D eigenvalue weighted by Gasteiger charge is -2.15. The Balaban J connectivity index is 1.91. The topological polar surface area (TPSA) is 118 Å². The lowest BCUT2D eigenvalue weighted by Crippen LogP contribution is -2.21. The van der Waals surface area contributed by atoms with E-state index >= 15 is 0 Å². The van der Waals surface area contributed by atoms with Crippen LogP contribution in [0.5, 0.6) is 0 Å². The van der Waals surface area contributed by atoms with Gasteiger partial charge in [0.05, 0.1) is 10.6 Å². The summed E-state index contributed by atoms with van der Waals surface area (Å²) in [4.78, 5) is 24.5. The van der Waals surface area contributed by atoms with Crippen molar-refractivity contribution in [1.29, 1.82) is 0 Å². The third kappa shape index (κ3) is 5.47. The van der Waals surface area contributed by atoms with E-state index in [-0.39, 0.29) is 22.4 Å². The second kappa shape index (κ2) is 9.86. The first-order valence-corrected chi connectivity index (χ1v) is 11.9. The number of carbonyl (C=O) groups is 1. The molecule has 1 aromatic heterocycles. The smallest absolute Gasteiger partial charge is 0.363 e. The first kappa shape index (κ1) is 23.3. The zero-order valence-corrected chi connectivity index (χ0v) is 19.1. The predicted molar refractivity (Wildman–Crippen MR) is 127 cm³/mol. The van der Waals surface area contributed by atoms with Gasteiger partial charge < -0.3 is 15.1 Å². The molecule has 0 spiro atoms. The van der Waals surface area contributed by atoms with Gasteiger partial charge in [-0.3, -0.25) is 9.52 Å². The highest BCUT2D eigenvalue weighted by molar-refractivity contribution is 7.92. The first-order chi connectivity index (χ1) is 15.2. The number of fused-ring (bicyclic) bond motifs is 1. The van der Waals surface area contributed by atoms with Gasteiger partial charge in [-0.15, -0.1) is 0 Å². The number of carbonyl (C=O) groups excluding carboxylic acids is 1. The Hall–Kier alpha value is -3.33. The fourth-order valence-electron chi connectivity index (χ4n) is 3.17. The van der Waals surface area contributed by atoms with E-state index in [9.17, 15) is 18.0 Å². The van der Waals surface area contributed by atoms with E-state index in [4.69, 9.17) is 4.42 Å². The van der Waals surface area contributed by atoms with E-state index in [2.05, 4.69) is 15.4 Å². The molecular formula is C23H27N3O5S. The van der Waals surface area contributed by atoms with Gasteiger partial charge in [-0.2, -0.15) is 0 Å². The van der Waals surface area contributed by atoms with Crippen molar-refractivity contribution in [2.75, 3.05) is 21.9 Å². The van der Waals surface area contributed by atoms with Crippen molar-refractivity contribution >= 4 is 44.0 Å². The highest BCUT2D eigenvalue weighted by Gasteiger charge is 2.22. The highest BCUT2D eigenvalue weighted by Crippen LogP contribution is 2.30. The summed E-state index contributed by atoms with van der Waals surface area (Å²) in [7, 11) is -4.08. The fourth-order valence-corrected chi connectivity index (χ4v) is 4.24. The van der Waals surface area contributed by atoms with Crippen LogP contribution in [0.15, 0.2) is 62.6 Å². The SMILES string of the molecule is CCCNc1c(NS(=O)(=O)c2ccc(NC(=O)CC(C)C)cc2)c(=O)oc2ccccc12. The lowest BCUT2D eigenvalue weighted by molar-refractivity contribution is -0.116. The third-order valence-electron chi connectivity index (χ3n) is 4.64. The molecule has 9 heteroatoms. The minimum atomic E-state index is -4.08. The Bertz CT molecular complexity index is 1270. The quantitative estimate of drug-likeness (QED) is 0.410. The Morgan fingerprint density at radius 3 is 2.38 bits per heavy atom. The third-order valence-corrected chi connectivity index (χ3v) is 6.01. The molecular weight excluding hydrogens is 430 g/mol. The zero-order valence-electron chi connectivity index (χ0n) is 18.3. The minimum absolute atomic E-state index is 0.0478. The maximum Gasteiger partial charge on any atom is 0.363 e. The number of hydrogen-bond donors (Lipinski definition) is 3. The van der Waals surface area contributed by atoms with Crippen molar-refractivity contribution in [2.24, 2.45) is 5.92 Å². The summed E-state index contributed by atoms with van der Waals surface area (Å²) in [5.74, 6) is 0.0668. The molecule has 0 atom stereocenters. The molecule has 3 N–H and O–H groups in total. The second-order valence-corrected chi connectivity index (χ2v) is 9.52. The lowest BCUT2D eigenvalue weighted by atomic mass is 10.1. The largest absolute Gasteiger partial charge is 0.421 e. The number of nitrogens with one attached hydrogen (secondary N) is 3. The van der Waals surface area contributed by atoms with Crippen LogP contribution in [-0.2, 0) is 14.8 Å². The van der Waals surface area contributed by atoms with Crippen molar-refractivity contribution in [1.82, 2.24) is 0 Å². The van der Waals surface area contributed by atoms with Crippen LogP contribution in [0.3, 0.4) is 0 Å². The van der Waals surface area contributed by atoms with Gasteiger partial charge in [0.2, 0.25) is 5.91 Å². The van der Waals surface area contributed by atoms with Crippen molar-refractivity contribution in [3.63, 3.8) is 0 Å². The predicted octanol–water partition coefficient (Wildman–Crippen LogP) is 4.40. The fraction of sp³-hybridized carbons (Fsp3) is 0.304. The number of para-hydroxylation sites is 1. The molecule has 170 valence electrons. The maximum atomic E-state index is 13.0. The van der Waals surface area contributed by atoms with Gasteiger partial charge >= 0.3 is 5.63 Å². The summed E-state index contributed by atoms with van der Waals surface area (Å²) in [5.41, 5.74) is 0.264. The van der Waals surface area contributed by atoms with Gasteiger partial charge in [0.15, 0.2) is 5.69 Å². The molecule has 0 aliphatic carbocycles. The minimum Gasteiger partial charge on any atom is -0.421 e. The van der Waals surface area contributed by atoms with E-state index < -0.39 is 15.6 Å². The van der Waals surface area contributed by atoms with Crippen molar-refractivity contribution in [3.8, 4) is 0 Å². The monoisotopic (exact) mass is 457 g/mol. The maximum absolute atomic E-state index is 13.0. The van der Waals surface area contributed by atoms with Crippen LogP contribution in [0.2, 0.25) is 0 Å². The van der Waals surface area contributed by atoms with E-state index in [1.165, 1.54) is 24.3 Å². The average molecular weight is 458 g/mol. The number of hydrogen-bond acceptors (Lipinski definition) is 6. The van der Waals surface area contributed by atoms with Gasteiger partial charge in [0.25, 0.3) is 10.0 Å². The summed E-state index contributed by atoms with van der Waals surface area (Å²) in [5, 5.41) is 6.47. The number of benzene rings is 2. The van der Waals surface area contributed by atoms with Crippen LogP contribution in [0.1, 0.15) is 33.6 Å². The number of sulfonamides is 1. The molecule has 0 saturated heterocycles. The van der Waals surface area contributed by atoms with E-state index in [0.717, 1.165) is 6.42 Å². The Morgan fingerprint density at radius 2 is 1.72 bits per heavy atom. The van der Waals surface area contributed by atoms with E-state index in [1.807, 2.05) is 20.8 Å². The van der Waals surface area contributed by atoms with Crippen LogP contribution in [0.4, 0.5) is 17.1 Å². The second-order valence-electron chi connectivity index (χ2n) is 7.84. The molecule has 8 nitrogen and oxygen atoms in total. The zero-order chi connectivity index (χ0) is 23.3. The van der Waals surface area contributed by atoms with Gasteiger partial charge in [-0.25, -0.2) is 13.2 Å². The molecule has 1 amide bonds. The van der Waals surface area contributed by atoms with Crippen molar-refractivity contribution in [2.45, 2.75) is 38.5 Å². The summed E-state index contributed by atoms with van der Waals surface area (Å²) in [6, 6.07) is 12.7. The van der Waals surface area contributed by atoms with Crippen molar-refractivity contribution < 1.29 is 17.6 Å². The van der Waals surface area contributed by atoms with Crippen LogP contribution >= 0.6 is 0 Å². The number of anilines is 3. The van der Waals surface area contributed by atoms with Crippen LogP contribution in [0.25, 0.3) is 11.0 Å². The molecule has 0 aliphatic rings. The van der Waals surface area contributed by atoms with Gasteiger partial charge in [-0.05, 0) is 48.7 Å². The number of rotatable bonds is 9. The molecule has 1 heterocycles. The molecule has 0 saturated carbocycles. The molecule has 0 unspecified atom stereocenters. The molecule has 0 aliphatic heterocycles. The number of amides is 1. The molecule has 0 radical (unpaired) electrons. The summed E-state index contributed by atoms with van der Waals surface area (Å²) in [6.07, 6.45) is 1.15. The van der Waals surface area contributed by atoms with E-state index in [1.54, 1.807) is 24.3 Å². The molecule has 0 bridgehead atoms. The van der Waals surface area contributed by atoms with Gasteiger partial charge in [0, 0.05) is 24.0 Å². The Kier molecular flexibility index (Phi) is 7.19. The summed E-state index contributed by atoms with van der Waals surface area (Å²) in [6.45, 7) is 6.39. The molecule has 32 heavy (non-hydrogen) atoms. The average Bonchev–Trinajstić information content (AvgIpc) is 2.73. The van der Waals surface area contributed by atoms with Crippen LogP contribution < -0.4 is 21.0 Å². The highest BCUT2D eigenvalue weighted by atomic mass is 32.2. The van der Waals surface area contributed by atoms with Crippen LogP contribution in [0, 0.1) is 5.92 Å². The molecule has 0 fully saturated rings. The van der Waals surface area contributed by atoms with Crippen LogP contribution in [-0.4, -0.2) is 20.9 Å². The molecule has 3 aromatic rings. The summed E-state index contributed by atoms with van der Waals surface area (Å²) < 4.78 is 33.7. The standard InChI is InChI=1S/C23H27N3O5S/c1-4-13-24-21-18-7-5-6-8-19(18)31-23(28)22(21)26-32(29,30)17-11-9-16(10-12-17)25-20(27)14-15(2)3/h5-12,15,24,26H,4,13-14H2,1-3H3,(H,25,27). The first-order valence-electron chi connectivity index (χ1n) is 10.4. The van der Waals surface area contributed by atoms with Gasteiger partial charge in [0.1, 0.15) is 5.58 Å². The van der Waals surface area contributed by atoms with E-state index in [0.29, 0.717) is 35.3 Å². The van der Waals surface area contributed by atoms with Crippen molar-refractivity contribution in [3.05, 3.63) is 59.0 Å². The Labute approximate surface area is 187 Å². The normalized spacial score (nSPS) is 11.5. The Morgan fingerprint density at radius 1 is 1.03 bits per heavy atom.